The van der Waals surface area contributed by atoms with Gasteiger partial charge in [-0.25, -0.2) is 0 Å². The van der Waals surface area contributed by atoms with E-state index in [9.17, 15) is 14.7 Å². The smallest absolute Gasteiger partial charge is 0.242 e. The fourth-order valence-corrected chi connectivity index (χ4v) is 3.78. The molecule has 0 bridgehead atoms. The molecule has 6 N–H and O–H groups in total. The van der Waals surface area contributed by atoms with E-state index in [4.69, 9.17) is 15.2 Å². The molecule has 1 atom stereocenters. The number of aromatic nitrogens is 1. The van der Waals surface area contributed by atoms with Gasteiger partial charge in [0.2, 0.25) is 11.8 Å². The number of methoxy groups -OCH3 is 2. The normalized spacial score (nSPS) is 11.7. The molecule has 0 fully saturated rings. The second kappa shape index (κ2) is 11.9. The van der Waals surface area contributed by atoms with Crippen molar-refractivity contribution in [2.24, 2.45) is 5.73 Å². The van der Waals surface area contributed by atoms with Gasteiger partial charge in [0.05, 0.1) is 14.2 Å². The molecule has 0 saturated heterocycles. The molecule has 34 heavy (non-hydrogen) atoms. The summed E-state index contributed by atoms with van der Waals surface area (Å²) in [7, 11) is 3.15. The largest absolute Gasteiger partial charge is 0.508 e. The average molecular weight is 469 g/mol. The first-order valence-electron chi connectivity index (χ1n) is 11.2. The van der Waals surface area contributed by atoms with Gasteiger partial charge >= 0.3 is 0 Å². The highest BCUT2D eigenvalue weighted by atomic mass is 16.5. The van der Waals surface area contributed by atoms with Crippen LogP contribution in [-0.4, -0.2) is 55.3 Å². The van der Waals surface area contributed by atoms with E-state index >= 15 is 0 Å². The molecule has 3 aromatic rings. The third kappa shape index (κ3) is 6.41. The fourth-order valence-electron chi connectivity index (χ4n) is 3.78. The van der Waals surface area contributed by atoms with E-state index in [2.05, 4.69) is 15.6 Å². The molecule has 0 aliphatic heterocycles. The minimum absolute atomic E-state index is 0.135. The van der Waals surface area contributed by atoms with Gasteiger partial charge < -0.3 is 35.9 Å². The molecule has 182 valence electrons. The Morgan fingerprint density at radius 1 is 1.12 bits per heavy atom. The van der Waals surface area contributed by atoms with Crippen LogP contribution in [0.3, 0.4) is 0 Å². The molecule has 2 aromatic carbocycles. The van der Waals surface area contributed by atoms with E-state index in [1.54, 1.807) is 38.6 Å². The Labute approximate surface area is 198 Å². The van der Waals surface area contributed by atoms with Crippen LogP contribution >= 0.6 is 0 Å². The highest BCUT2D eigenvalue weighted by Crippen LogP contribution is 2.27. The Bertz CT molecular complexity index is 1130. The van der Waals surface area contributed by atoms with E-state index in [1.165, 1.54) is 0 Å². The lowest BCUT2D eigenvalue weighted by Gasteiger charge is -2.19. The molecular weight excluding hydrogens is 436 g/mol. The summed E-state index contributed by atoms with van der Waals surface area (Å²) in [5, 5.41) is 16.4. The van der Waals surface area contributed by atoms with Gasteiger partial charge in [-0.3, -0.25) is 9.59 Å². The summed E-state index contributed by atoms with van der Waals surface area (Å²) >= 11 is 0. The van der Waals surface area contributed by atoms with Crippen molar-refractivity contribution in [1.29, 1.82) is 0 Å². The van der Waals surface area contributed by atoms with Crippen molar-refractivity contribution in [1.82, 2.24) is 15.6 Å². The third-order valence-electron chi connectivity index (χ3n) is 5.60. The molecular formula is C25H32N4O5. The van der Waals surface area contributed by atoms with Crippen molar-refractivity contribution in [3.63, 3.8) is 0 Å². The van der Waals surface area contributed by atoms with Crippen LogP contribution in [0, 0.1) is 0 Å². The minimum Gasteiger partial charge on any atom is -0.508 e. The van der Waals surface area contributed by atoms with Crippen molar-refractivity contribution in [2.45, 2.75) is 31.7 Å². The molecule has 9 nitrogen and oxygen atoms in total. The second-order valence-corrected chi connectivity index (χ2v) is 7.99. The van der Waals surface area contributed by atoms with E-state index in [1.807, 2.05) is 18.2 Å². The SMILES string of the molecule is COc1ccc(CCNC(=O)C(Cc2c[nH]c3ccc(O)cc23)NC(=O)CCCN)cc1OC. The average Bonchev–Trinajstić information content (AvgIpc) is 3.23. The van der Waals surface area contributed by atoms with Gasteiger partial charge in [0.1, 0.15) is 11.8 Å². The summed E-state index contributed by atoms with van der Waals surface area (Å²) < 4.78 is 10.6. The molecule has 9 heteroatoms. The second-order valence-electron chi connectivity index (χ2n) is 7.99. The molecule has 0 aliphatic carbocycles. The van der Waals surface area contributed by atoms with E-state index < -0.39 is 6.04 Å². The first-order chi connectivity index (χ1) is 16.4. The zero-order chi connectivity index (χ0) is 24.5. The molecule has 2 amide bonds. The third-order valence-corrected chi connectivity index (χ3v) is 5.60. The number of fused-ring (bicyclic) bond motifs is 1. The number of benzene rings is 2. The molecule has 3 rings (SSSR count). The lowest BCUT2D eigenvalue weighted by atomic mass is 10.0. The number of carbonyl (C=O) groups excluding carboxylic acids is 2. The van der Waals surface area contributed by atoms with Crippen LogP contribution in [0.15, 0.2) is 42.6 Å². The molecule has 0 aliphatic rings. The number of aromatic hydroxyl groups is 1. The zero-order valence-electron chi connectivity index (χ0n) is 19.5. The van der Waals surface area contributed by atoms with Crippen molar-refractivity contribution in [3.05, 3.63) is 53.7 Å². The summed E-state index contributed by atoms with van der Waals surface area (Å²) in [5.41, 5.74) is 8.16. The zero-order valence-corrected chi connectivity index (χ0v) is 19.5. The number of phenolic OH excluding ortho intramolecular Hbond substituents is 1. The number of rotatable bonds is 12. The van der Waals surface area contributed by atoms with Crippen LogP contribution in [0.4, 0.5) is 0 Å². The minimum atomic E-state index is -0.767. The molecule has 1 unspecified atom stereocenters. The Kier molecular flexibility index (Phi) is 8.75. The Morgan fingerprint density at radius 2 is 1.91 bits per heavy atom. The van der Waals surface area contributed by atoms with Crippen LogP contribution in [0.5, 0.6) is 17.2 Å². The van der Waals surface area contributed by atoms with Crippen molar-refractivity contribution in [2.75, 3.05) is 27.3 Å². The van der Waals surface area contributed by atoms with Gasteiger partial charge in [0, 0.05) is 36.5 Å². The molecule has 1 aromatic heterocycles. The highest BCUT2D eigenvalue weighted by Gasteiger charge is 2.22. The maximum absolute atomic E-state index is 13.0. The van der Waals surface area contributed by atoms with E-state index in [0.717, 1.165) is 22.0 Å². The number of carbonyl (C=O) groups is 2. The predicted octanol–water partition coefficient (Wildman–Crippen LogP) is 2.02. The van der Waals surface area contributed by atoms with Gasteiger partial charge in [-0.2, -0.15) is 0 Å². The number of phenols is 1. The van der Waals surface area contributed by atoms with Crippen LogP contribution in [0.1, 0.15) is 24.0 Å². The standard InChI is InChI=1S/C25H32N4O5/c1-33-22-8-5-16(12-23(22)34-2)9-11-27-25(32)21(29-24(31)4-3-10-26)13-17-15-28-20-7-6-18(30)14-19(17)20/h5-8,12,14-15,21,28,30H,3-4,9-11,13,26H2,1-2H3,(H,27,32)(H,29,31). The maximum atomic E-state index is 13.0. The lowest BCUT2D eigenvalue weighted by Crippen LogP contribution is -2.48. The number of hydrogen-bond acceptors (Lipinski definition) is 6. The van der Waals surface area contributed by atoms with Gasteiger partial charge in [0.15, 0.2) is 11.5 Å². The first-order valence-corrected chi connectivity index (χ1v) is 11.2. The number of aromatic amines is 1. The quantitative estimate of drug-likeness (QED) is 0.276. The Balaban J connectivity index is 1.68. The van der Waals surface area contributed by atoms with Crippen molar-refractivity contribution in [3.8, 4) is 17.2 Å². The first kappa shape index (κ1) is 24.9. The van der Waals surface area contributed by atoms with Gasteiger partial charge in [-0.1, -0.05) is 6.07 Å². The highest BCUT2D eigenvalue weighted by molar-refractivity contribution is 5.90. The molecule has 1 heterocycles. The number of ether oxygens (including phenoxy) is 2. The molecule has 0 radical (unpaired) electrons. The number of nitrogens with two attached hydrogens (primary N) is 1. The summed E-state index contributed by atoms with van der Waals surface area (Å²) in [6.45, 7) is 0.787. The topological polar surface area (TPSA) is 139 Å². The van der Waals surface area contributed by atoms with Crippen LogP contribution in [-0.2, 0) is 22.4 Å². The monoisotopic (exact) mass is 468 g/mol. The molecule has 0 spiro atoms. The van der Waals surface area contributed by atoms with E-state index in [0.29, 0.717) is 37.4 Å². The number of H-pyrrole nitrogens is 1. The number of nitrogens with one attached hydrogen (secondary N) is 3. The van der Waals surface area contributed by atoms with Crippen LogP contribution in [0.2, 0.25) is 0 Å². The van der Waals surface area contributed by atoms with Crippen molar-refractivity contribution >= 4 is 22.7 Å². The molecule has 0 saturated carbocycles. The summed E-state index contributed by atoms with van der Waals surface area (Å²) in [5.74, 6) is 0.889. The number of hydrogen-bond donors (Lipinski definition) is 5. The van der Waals surface area contributed by atoms with Gasteiger partial charge in [0.25, 0.3) is 0 Å². The summed E-state index contributed by atoms with van der Waals surface area (Å²) in [6, 6.07) is 9.85. The van der Waals surface area contributed by atoms with Crippen molar-refractivity contribution < 1.29 is 24.2 Å². The van der Waals surface area contributed by atoms with Crippen LogP contribution < -0.4 is 25.8 Å². The predicted molar refractivity (Wildman–Crippen MR) is 130 cm³/mol. The van der Waals surface area contributed by atoms with E-state index in [-0.39, 0.29) is 30.4 Å². The Morgan fingerprint density at radius 3 is 2.65 bits per heavy atom. The Hall–Kier alpha value is -3.72. The lowest BCUT2D eigenvalue weighted by molar-refractivity contribution is -0.129. The number of amides is 2. The summed E-state index contributed by atoms with van der Waals surface area (Å²) in [4.78, 5) is 28.5. The van der Waals surface area contributed by atoms with Crippen LogP contribution in [0.25, 0.3) is 10.9 Å². The fraction of sp³-hybridized carbons (Fsp3) is 0.360. The summed E-state index contributed by atoms with van der Waals surface area (Å²) in [6.07, 6.45) is 3.45. The van der Waals surface area contributed by atoms with Gasteiger partial charge in [-0.05, 0) is 60.8 Å². The van der Waals surface area contributed by atoms with Gasteiger partial charge in [-0.15, -0.1) is 0 Å². The maximum Gasteiger partial charge on any atom is 0.242 e.